The molecule has 0 saturated carbocycles. The van der Waals surface area contributed by atoms with Crippen LogP contribution in [0, 0.1) is 5.41 Å². The maximum atomic E-state index is 13.1. The van der Waals surface area contributed by atoms with Crippen molar-refractivity contribution in [3.8, 4) is 0 Å². The average molecular weight is 474 g/mol. The largest absolute Gasteiger partial charge is 0.361 e. The Morgan fingerprint density at radius 1 is 1.15 bits per heavy atom. The molecule has 33 heavy (non-hydrogen) atoms. The first-order valence-electron chi connectivity index (χ1n) is 10.7. The summed E-state index contributed by atoms with van der Waals surface area (Å²) in [4.78, 5) is 54.4. The van der Waals surface area contributed by atoms with Crippen LogP contribution in [0.4, 0.5) is 0 Å². The highest BCUT2D eigenvalue weighted by atomic mass is 32.2. The highest BCUT2D eigenvalue weighted by molar-refractivity contribution is 8.13. The molecular weight excluding hydrogens is 442 g/mol. The molecule has 0 aliphatic heterocycles. The van der Waals surface area contributed by atoms with Crippen molar-refractivity contribution in [3.63, 3.8) is 0 Å². The van der Waals surface area contributed by atoms with Gasteiger partial charge in [0.15, 0.2) is 5.78 Å². The molecule has 4 N–H and O–H groups in total. The van der Waals surface area contributed by atoms with E-state index in [9.17, 15) is 19.2 Å². The fourth-order valence-electron chi connectivity index (χ4n) is 3.28. The third kappa shape index (κ3) is 8.47. The number of thioether (sulfide) groups is 1. The number of fused-ring (bicyclic) bond motifs is 1. The number of amides is 2. The quantitative estimate of drug-likeness (QED) is 0.326. The lowest BCUT2D eigenvalue weighted by atomic mass is 10.0. The van der Waals surface area contributed by atoms with Crippen LogP contribution in [0.1, 0.15) is 25.3 Å². The first-order valence-corrected chi connectivity index (χ1v) is 11.7. The fourth-order valence-corrected chi connectivity index (χ4v) is 4.32. The van der Waals surface area contributed by atoms with Gasteiger partial charge in [-0.2, -0.15) is 0 Å². The molecule has 0 spiro atoms. The number of rotatable bonds is 13. The molecule has 0 aliphatic rings. The lowest BCUT2D eigenvalue weighted by Gasteiger charge is -2.22. The Bertz CT molecular complexity index is 1000. The summed E-state index contributed by atoms with van der Waals surface area (Å²) >= 11 is 1.09. The number of hydrogen-bond acceptors (Lipinski definition) is 7. The smallest absolute Gasteiger partial charge is 0.243 e. The number of hydrogen-bond donors (Lipinski definition) is 4. The third-order valence-electron chi connectivity index (χ3n) is 5.02. The summed E-state index contributed by atoms with van der Waals surface area (Å²) < 4.78 is 0. The van der Waals surface area contributed by atoms with Crippen LogP contribution in [0.15, 0.2) is 30.5 Å². The molecular formula is C23H31N5O4S. The minimum absolute atomic E-state index is 0.0261. The first kappa shape index (κ1) is 26.3. The average Bonchev–Trinajstić information content (AvgIpc) is 3.17. The van der Waals surface area contributed by atoms with Crippen molar-refractivity contribution in [2.45, 2.75) is 38.3 Å². The Kier molecular flexibility index (Phi) is 10.3. The minimum Gasteiger partial charge on any atom is -0.361 e. The Hall–Kier alpha value is -2.98. The molecule has 2 amide bonds. The van der Waals surface area contributed by atoms with Crippen LogP contribution in [0.2, 0.25) is 0 Å². The van der Waals surface area contributed by atoms with Gasteiger partial charge in [0.1, 0.15) is 6.04 Å². The second-order valence-electron chi connectivity index (χ2n) is 8.00. The number of Topliss-reactive ketones (excluding diaryl/α,β-unsaturated/α-hetero) is 1. The number of benzene rings is 1. The molecule has 0 fully saturated rings. The van der Waals surface area contributed by atoms with Crippen LogP contribution in [-0.2, 0) is 25.6 Å². The van der Waals surface area contributed by atoms with E-state index in [1.807, 2.05) is 43.3 Å². The monoisotopic (exact) mass is 473 g/mol. The summed E-state index contributed by atoms with van der Waals surface area (Å²) in [6.07, 6.45) is 2.81. The molecule has 178 valence electrons. The highest BCUT2D eigenvalue weighted by Crippen LogP contribution is 2.19. The Labute approximate surface area is 197 Å². The molecule has 0 unspecified atom stereocenters. The standard InChI is InChI=1S/C23H31N5O4S/c1-15(29)26-21(12-16-14-25-19-7-5-4-6-18(16)19)22(31)27-20(9-8-17(30)13-24)23(32)33-11-10-28(2)3/h4-7,13-14,20-21,24-25H,8-12H2,1-3H3,(H,26,29)(H,27,31)/t20-,21-/m0/s1. The van der Waals surface area contributed by atoms with Crippen LogP contribution in [0.3, 0.4) is 0 Å². The van der Waals surface area contributed by atoms with Gasteiger partial charge in [0, 0.05) is 49.2 Å². The number of para-hydroxylation sites is 1. The van der Waals surface area contributed by atoms with E-state index in [-0.39, 0.29) is 30.3 Å². The number of nitrogens with zero attached hydrogens (tertiary/aromatic N) is 1. The number of aromatic nitrogens is 1. The normalized spacial score (nSPS) is 12.8. The zero-order chi connectivity index (χ0) is 24.4. The third-order valence-corrected chi connectivity index (χ3v) is 5.97. The molecule has 0 bridgehead atoms. The molecule has 2 rings (SSSR count). The molecule has 2 aromatic rings. The van der Waals surface area contributed by atoms with Gasteiger partial charge in [-0.1, -0.05) is 30.0 Å². The van der Waals surface area contributed by atoms with Crippen LogP contribution < -0.4 is 10.6 Å². The van der Waals surface area contributed by atoms with E-state index in [2.05, 4.69) is 15.6 Å². The van der Waals surface area contributed by atoms with E-state index in [0.29, 0.717) is 18.5 Å². The van der Waals surface area contributed by atoms with E-state index < -0.39 is 23.8 Å². The van der Waals surface area contributed by atoms with E-state index >= 15 is 0 Å². The summed E-state index contributed by atoms with van der Waals surface area (Å²) in [7, 11) is 3.80. The summed E-state index contributed by atoms with van der Waals surface area (Å²) in [5, 5.41) is 13.2. The topological polar surface area (TPSA) is 135 Å². The molecule has 1 aromatic heterocycles. The second kappa shape index (κ2) is 12.9. The Morgan fingerprint density at radius 3 is 2.55 bits per heavy atom. The van der Waals surface area contributed by atoms with Crippen molar-refractivity contribution >= 4 is 51.6 Å². The lowest BCUT2D eigenvalue weighted by Crippen LogP contribution is -2.52. The maximum Gasteiger partial charge on any atom is 0.243 e. The summed E-state index contributed by atoms with van der Waals surface area (Å²) in [6, 6.07) is 5.87. The van der Waals surface area contributed by atoms with Gasteiger partial charge in [0.25, 0.3) is 0 Å². The van der Waals surface area contributed by atoms with Crippen LogP contribution in [-0.4, -0.2) is 77.3 Å². The Morgan fingerprint density at radius 2 is 1.88 bits per heavy atom. The van der Waals surface area contributed by atoms with Gasteiger partial charge in [-0.3, -0.25) is 19.2 Å². The van der Waals surface area contributed by atoms with Crippen molar-refractivity contribution < 1.29 is 19.2 Å². The number of carbonyl (C=O) groups is 4. The first-order chi connectivity index (χ1) is 15.7. The van der Waals surface area contributed by atoms with Gasteiger partial charge in [0.2, 0.25) is 16.9 Å². The molecule has 9 nitrogen and oxygen atoms in total. The lowest BCUT2D eigenvalue weighted by molar-refractivity contribution is -0.129. The summed E-state index contributed by atoms with van der Waals surface area (Å²) in [6.45, 7) is 2.02. The zero-order valence-corrected chi connectivity index (χ0v) is 20.0. The number of H-pyrrole nitrogens is 1. The number of nitrogens with one attached hydrogen (secondary N) is 4. The van der Waals surface area contributed by atoms with Crippen LogP contribution in [0.25, 0.3) is 10.9 Å². The molecule has 2 atom stereocenters. The summed E-state index contributed by atoms with van der Waals surface area (Å²) in [5.74, 6) is -0.736. The summed E-state index contributed by atoms with van der Waals surface area (Å²) in [5.41, 5.74) is 1.78. The second-order valence-corrected chi connectivity index (χ2v) is 9.10. The number of ketones is 1. The van der Waals surface area contributed by atoms with Crippen LogP contribution >= 0.6 is 11.8 Å². The van der Waals surface area contributed by atoms with Gasteiger partial charge in [-0.25, -0.2) is 0 Å². The molecule has 1 heterocycles. The molecule has 0 aliphatic carbocycles. The van der Waals surface area contributed by atoms with Crippen molar-refractivity contribution in [1.82, 2.24) is 20.5 Å². The molecule has 1 aromatic carbocycles. The van der Waals surface area contributed by atoms with Crippen molar-refractivity contribution in [1.29, 1.82) is 5.41 Å². The number of aromatic amines is 1. The number of carbonyl (C=O) groups excluding carboxylic acids is 4. The van der Waals surface area contributed by atoms with E-state index in [4.69, 9.17) is 5.41 Å². The van der Waals surface area contributed by atoms with Gasteiger partial charge in [0.05, 0.1) is 12.3 Å². The molecule has 10 heteroatoms. The molecule has 0 saturated heterocycles. The highest BCUT2D eigenvalue weighted by Gasteiger charge is 2.27. The van der Waals surface area contributed by atoms with Gasteiger partial charge in [-0.05, 0) is 32.1 Å². The SMILES string of the molecule is CC(=O)N[C@@H](Cc1c[nH]c2ccccc12)C(=O)N[C@@H](CCC(=O)C=N)C(=O)SCCN(C)C. The zero-order valence-electron chi connectivity index (χ0n) is 19.1. The Balaban J connectivity index is 2.15. The van der Waals surface area contributed by atoms with E-state index in [0.717, 1.165) is 28.2 Å². The predicted molar refractivity (Wildman–Crippen MR) is 131 cm³/mol. The van der Waals surface area contributed by atoms with Gasteiger partial charge >= 0.3 is 0 Å². The van der Waals surface area contributed by atoms with Crippen molar-refractivity contribution in [2.24, 2.45) is 0 Å². The maximum absolute atomic E-state index is 13.1. The van der Waals surface area contributed by atoms with E-state index in [1.165, 1.54) is 6.92 Å². The van der Waals surface area contributed by atoms with Crippen molar-refractivity contribution in [3.05, 3.63) is 36.0 Å². The van der Waals surface area contributed by atoms with Gasteiger partial charge < -0.3 is 25.9 Å². The molecule has 0 radical (unpaired) electrons. The van der Waals surface area contributed by atoms with Crippen molar-refractivity contribution in [2.75, 3.05) is 26.4 Å². The van der Waals surface area contributed by atoms with Gasteiger partial charge in [-0.15, -0.1) is 0 Å². The predicted octanol–water partition coefficient (Wildman–Crippen LogP) is 1.52. The van der Waals surface area contributed by atoms with Crippen LogP contribution in [0.5, 0.6) is 0 Å². The van der Waals surface area contributed by atoms with E-state index in [1.54, 1.807) is 6.20 Å². The fraction of sp³-hybridized carbons (Fsp3) is 0.435. The minimum atomic E-state index is -0.896.